The van der Waals surface area contributed by atoms with Crippen molar-refractivity contribution in [2.24, 2.45) is 5.73 Å². The Hall–Kier alpha value is -3.49. The molecular formula is C21H21FN4O4. The highest BCUT2D eigenvalue weighted by Gasteiger charge is 2.42. The van der Waals surface area contributed by atoms with Gasteiger partial charge < -0.3 is 10.5 Å². The highest BCUT2D eigenvalue weighted by molar-refractivity contribution is 6.12. The van der Waals surface area contributed by atoms with Gasteiger partial charge in [-0.15, -0.1) is 0 Å². The van der Waals surface area contributed by atoms with E-state index >= 15 is 0 Å². The summed E-state index contributed by atoms with van der Waals surface area (Å²) in [5.41, 5.74) is 5.94. The summed E-state index contributed by atoms with van der Waals surface area (Å²) in [5, 5.41) is 0. The van der Waals surface area contributed by atoms with Crippen molar-refractivity contribution in [3.05, 3.63) is 54.0 Å². The van der Waals surface area contributed by atoms with Crippen molar-refractivity contribution in [1.29, 1.82) is 0 Å². The summed E-state index contributed by atoms with van der Waals surface area (Å²) in [4.78, 5) is 43.5. The zero-order valence-corrected chi connectivity index (χ0v) is 16.2. The van der Waals surface area contributed by atoms with Crippen LogP contribution in [0.15, 0.2) is 42.6 Å². The number of urea groups is 1. The molecule has 2 N–H and O–H groups in total. The first-order valence-electron chi connectivity index (χ1n) is 9.74. The number of amides is 4. The highest BCUT2D eigenvalue weighted by Crippen LogP contribution is 2.31. The van der Waals surface area contributed by atoms with Gasteiger partial charge in [-0.1, -0.05) is 6.07 Å². The van der Waals surface area contributed by atoms with Crippen LogP contribution in [0.4, 0.5) is 14.9 Å². The Labute approximate surface area is 172 Å². The van der Waals surface area contributed by atoms with Crippen LogP contribution in [-0.2, 0) is 4.79 Å². The molecule has 9 heteroatoms. The molecule has 2 aromatic rings. The van der Waals surface area contributed by atoms with Gasteiger partial charge in [0.15, 0.2) is 0 Å². The number of nitrogens with zero attached hydrogens (tertiary/aromatic N) is 3. The number of benzene rings is 1. The fourth-order valence-electron chi connectivity index (χ4n) is 3.97. The molecule has 1 saturated heterocycles. The molecule has 0 spiro atoms. The molecule has 1 aliphatic carbocycles. The number of carbonyl (C=O) groups excluding carboxylic acids is 3. The largest absolute Gasteiger partial charge is 0.474 e. The number of ether oxygens (including phenoxy) is 1. The van der Waals surface area contributed by atoms with Gasteiger partial charge in [-0.05, 0) is 56.0 Å². The van der Waals surface area contributed by atoms with Crippen molar-refractivity contribution in [2.75, 3.05) is 11.4 Å². The van der Waals surface area contributed by atoms with Gasteiger partial charge in [0.1, 0.15) is 24.0 Å². The monoisotopic (exact) mass is 412 g/mol. The first kappa shape index (κ1) is 19.8. The van der Waals surface area contributed by atoms with Crippen molar-refractivity contribution in [3.8, 4) is 5.88 Å². The van der Waals surface area contributed by atoms with Crippen LogP contribution < -0.4 is 15.4 Å². The van der Waals surface area contributed by atoms with Crippen molar-refractivity contribution in [2.45, 2.75) is 37.8 Å². The number of anilines is 1. The summed E-state index contributed by atoms with van der Waals surface area (Å²) in [6.45, 7) is -0.103. The summed E-state index contributed by atoms with van der Waals surface area (Å²) in [6, 6.07) is 8.12. The molecule has 2 aliphatic rings. The Morgan fingerprint density at radius 1 is 1.13 bits per heavy atom. The third kappa shape index (κ3) is 3.83. The van der Waals surface area contributed by atoms with Crippen molar-refractivity contribution >= 4 is 23.5 Å². The first-order chi connectivity index (χ1) is 14.4. The number of primary amides is 1. The third-order valence-electron chi connectivity index (χ3n) is 5.44. The predicted octanol–water partition coefficient (Wildman–Crippen LogP) is 2.48. The highest BCUT2D eigenvalue weighted by atomic mass is 19.1. The number of rotatable bonds is 5. The second kappa shape index (κ2) is 8.10. The fraction of sp³-hybridized carbons (Fsp3) is 0.333. The Morgan fingerprint density at radius 2 is 1.90 bits per heavy atom. The van der Waals surface area contributed by atoms with E-state index in [1.807, 2.05) is 0 Å². The van der Waals surface area contributed by atoms with Gasteiger partial charge in [-0.2, -0.15) is 0 Å². The lowest BCUT2D eigenvalue weighted by Gasteiger charge is -2.33. The Balaban J connectivity index is 1.40. The van der Waals surface area contributed by atoms with Crippen LogP contribution in [0.2, 0.25) is 0 Å². The van der Waals surface area contributed by atoms with Crippen molar-refractivity contribution < 1.29 is 23.5 Å². The molecule has 2 heterocycles. The van der Waals surface area contributed by atoms with E-state index < -0.39 is 17.8 Å². The SMILES string of the molecule is NC(=O)c1cccnc1OC1CCC(N2C(=O)CN(c3cccc(F)c3)C2=O)CC1. The number of pyridine rings is 1. The molecule has 30 heavy (non-hydrogen) atoms. The molecule has 1 aromatic heterocycles. The summed E-state index contributed by atoms with van der Waals surface area (Å²) < 4.78 is 19.4. The molecule has 1 aromatic carbocycles. The number of hydrogen-bond donors (Lipinski definition) is 1. The van der Waals surface area contributed by atoms with Gasteiger partial charge in [-0.25, -0.2) is 14.2 Å². The Morgan fingerprint density at radius 3 is 2.60 bits per heavy atom. The van der Waals surface area contributed by atoms with Crippen LogP contribution >= 0.6 is 0 Å². The maximum absolute atomic E-state index is 13.5. The number of carbonyl (C=O) groups is 3. The maximum atomic E-state index is 13.5. The van der Waals surface area contributed by atoms with Crippen LogP contribution in [0.25, 0.3) is 0 Å². The average molecular weight is 412 g/mol. The van der Waals surface area contributed by atoms with E-state index in [0.717, 1.165) is 0 Å². The number of hydrogen-bond acceptors (Lipinski definition) is 5. The van der Waals surface area contributed by atoms with E-state index in [1.165, 1.54) is 34.2 Å². The van der Waals surface area contributed by atoms with Gasteiger partial charge in [0, 0.05) is 17.9 Å². The molecule has 8 nitrogen and oxygen atoms in total. The summed E-state index contributed by atoms with van der Waals surface area (Å²) >= 11 is 0. The number of imide groups is 1. The fourth-order valence-corrected chi connectivity index (χ4v) is 3.97. The molecular weight excluding hydrogens is 391 g/mol. The van der Waals surface area contributed by atoms with Gasteiger partial charge in [0.25, 0.3) is 11.8 Å². The van der Waals surface area contributed by atoms with Gasteiger partial charge in [0.2, 0.25) is 5.88 Å². The quantitative estimate of drug-likeness (QED) is 0.760. The molecule has 156 valence electrons. The van der Waals surface area contributed by atoms with E-state index in [1.54, 1.807) is 18.2 Å². The van der Waals surface area contributed by atoms with Crippen molar-refractivity contribution in [3.63, 3.8) is 0 Å². The minimum absolute atomic E-state index is 0.103. The van der Waals surface area contributed by atoms with Gasteiger partial charge >= 0.3 is 6.03 Å². The van der Waals surface area contributed by atoms with E-state index in [9.17, 15) is 18.8 Å². The molecule has 0 radical (unpaired) electrons. The number of nitrogens with two attached hydrogens (primary N) is 1. The molecule has 4 amide bonds. The normalized spacial score (nSPS) is 21.8. The first-order valence-corrected chi connectivity index (χ1v) is 9.74. The maximum Gasteiger partial charge on any atom is 0.331 e. The van der Waals surface area contributed by atoms with Crippen LogP contribution in [0, 0.1) is 5.82 Å². The van der Waals surface area contributed by atoms with Crippen LogP contribution in [0.1, 0.15) is 36.0 Å². The van der Waals surface area contributed by atoms with Crippen LogP contribution in [-0.4, -0.2) is 46.4 Å². The molecule has 1 aliphatic heterocycles. The van der Waals surface area contributed by atoms with E-state index in [0.29, 0.717) is 31.4 Å². The minimum atomic E-state index is -0.613. The minimum Gasteiger partial charge on any atom is -0.474 e. The zero-order chi connectivity index (χ0) is 21.3. The number of halogens is 1. The molecule has 2 fully saturated rings. The summed E-state index contributed by atoms with van der Waals surface area (Å²) in [6.07, 6.45) is 3.65. The Kier molecular flexibility index (Phi) is 5.35. The summed E-state index contributed by atoms with van der Waals surface area (Å²) in [5.74, 6) is -1.18. The predicted molar refractivity (Wildman–Crippen MR) is 105 cm³/mol. The molecule has 1 saturated carbocycles. The van der Waals surface area contributed by atoms with Crippen LogP contribution in [0.5, 0.6) is 5.88 Å². The number of aromatic nitrogens is 1. The average Bonchev–Trinajstić information content (AvgIpc) is 3.03. The second-order valence-corrected chi connectivity index (χ2v) is 7.38. The lowest BCUT2D eigenvalue weighted by atomic mass is 9.92. The van der Waals surface area contributed by atoms with Gasteiger partial charge in [-0.3, -0.25) is 19.4 Å². The van der Waals surface area contributed by atoms with E-state index in [-0.39, 0.29) is 36.0 Å². The zero-order valence-electron chi connectivity index (χ0n) is 16.2. The van der Waals surface area contributed by atoms with Gasteiger partial charge in [0.05, 0.1) is 0 Å². The second-order valence-electron chi connectivity index (χ2n) is 7.38. The molecule has 0 atom stereocenters. The standard InChI is InChI=1S/C21H21FN4O4/c22-13-3-1-4-15(11-13)25-12-18(27)26(21(25)29)14-6-8-16(9-7-14)30-20-17(19(23)28)5-2-10-24-20/h1-5,10-11,14,16H,6-9,12H2,(H2,23,28). The molecule has 0 bridgehead atoms. The van der Waals surface area contributed by atoms with Crippen LogP contribution in [0.3, 0.4) is 0 Å². The smallest absolute Gasteiger partial charge is 0.331 e. The lowest BCUT2D eigenvalue weighted by Crippen LogP contribution is -2.44. The topological polar surface area (TPSA) is 106 Å². The lowest BCUT2D eigenvalue weighted by molar-refractivity contribution is -0.127. The van der Waals surface area contributed by atoms with Crippen molar-refractivity contribution in [1.82, 2.24) is 9.88 Å². The van der Waals surface area contributed by atoms with E-state index in [2.05, 4.69) is 4.98 Å². The molecule has 4 rings (SSSR count). The molecule has 0 unspecified atom stereocenters. The Bertz CT molecular complexity index is 990. The van der Waals surface area contributed by atoms with E-state index in [4.69, 9.17) is 10.5 Å². The third-order valence-corrected chi connectivity index (χ3v) is 5.44. The summed E-state index contributed by atoms with van der Waals surface area (Å²) in [7, 11) is 0.